The van der Waals surface area contributed by atoms with E-state index in [1.807, 2.05) is 0 Å². The van der Waals surface area contributed by atoms with E-state index in [0.29, 0.717) is 0 Å². The Bertz CT molecular complexity index is 124. The number of alkyl halides is 2. The quantitative estimate of drug-likeness (QED) is 0.736. The van der Waals surface area contributed by atoms with E-state index in [2.05, 4.69) is 20.8 Å². The van der Waals surface area contributed by atoms with E-state index < -0.39 is 12.3 Å². The predicted molar refractivity (Wildman–Crippen MR) is 49.6 cm³/mol. The minimum Gasteiger partial charge on any atom is -0.370 e. The van der Waals surface area contributed by atoms with Crippen LogP contribution in [0.4, 0.5) is 8.78 Å². The van der Waals surface area contributed by atoms with Crippen LogP contribution in [0.2, 0.25) is 0 Å². The lowest BCUT2D eigenvalue weighted by atomic mass is 10.2. The average molecular weight is 195 g/mol. The van der Waals surface area contributed by atoms with Crippen LogP contribution >= 0.6 is 0 Å². The van der Waals surface area contributed by atoms with Gasteiger partial charge in [0, 0.05) is 12.8 Å². The fraction of sp³-hybridized carbons (Fsp3) is 0.889. The van der Waals surface area contributed by atoms with Crippen molar-refractivity contribution in [1.29, 1.82) is 0 Å². The number of amides is 1. The van der Waals surface area contributed by atoms with Crippen molar-refractivity contribution >= 4 is 5.91 Å². The first-order chi connectivity index (χ1) is 5.86. The van der Waals surface area contributed by atoms with Gasteiger partial charge in [-0.25, -0.2) is 8.78 Å². The molecule has 0 heterocycles. The van der Waals surface area contributed by atoms with Gasteiger partial charge >= 0.3 is 0 Å². The third-order valence-electron chi connectivity index (χ3n) is 0.846. The topological polar surface area (TPSA) is 43.1 Å². The van der Waals surface area contributed by atoms with Crippen molar-refractivity contribution in [3.63, 3.8) is 0 Å². The van der Waals surface area contributed by atoms with E-state index in [1.54, 1.807) is 0 Å². The molecule has 0 radical (unpaired) electrons. The Balaban J connectivity index is 0. The van der Waals surface area contributed by atoms with Crippen LogP contribution < -0.4 is 5.73 Å². The van der Waals surface area contributed by atoms with Gasteiger partial charge in [-0.3, -0.25) is 4.79 Å². The summed E-state index contributed by atoms with van der Waals surface area (Å²) in [5.41, 5.74) is 4.69. The molecule has 80 valence electrons. The molecule has 0 bridgehead atoms. The SMILES string of the molecule is CC(C)C.NC(=O)CCCC(F)F. The molecule has 0 unspecified atom stereocenters. The second-order valence-electron chi connectivity index (χ2n) is 3.48. The van der Waals surface area contributed by atoms with Crippen LogP contribution in [-0.2, 0) is 4.79 Å². The summed E-state index contributed by atoms with van der Waals surface area (Å²) in [7, 11) is 0. The third kappa shape index (κ3) is 34.7. The fourth-order valence-electron chi connectivity index (χ4n) is 0.431. The van der Waals surface area contributed by atoms with Crippen LogP contribution in [-0.4, -0.2) is 12.3 Å². The van der Waals surface area contributed by atoms with Crippen LogP contribution in [0.1, 0.15) is 40.0 Å². The maximum absolute atomic E-state index is 11.3. The smallest absolute Gasteiger partial charge is 0.238 e. The first-order valence-corrected chi connectivity index (χ1v) is 4.42. The molecule has 0 spiro atoms. The van der Waals surface area contributed by atoms with E-state index in [9.17, 15) is 13.6 Å². The summed E-state index contributed by atoms with van der Waals surface area (Å²) >= 11 is 0. The summed E-state index contributed by atoms with van der Waals surface area (Å²) in [6.45, 7) is 6.50. The molecule has 0 aliphatic rings. The van der Waals surface area contributed by atoms with E-state index >= 15 is 0 Å². The monoisotopic (exact) mass is 195 g/mol. The van der Waals surface area contributed by atoms with Gasteiger partial charge in [0.25, 0.3) is 0 Å². The highest BCUT2D eigenvalue weighted by Crippen LogP contribution is 2.04. The molecule has 0 aromatic carbocycles. The van der Waals surface area contributed by atoms with Crippen molar-refractivity contribution in [2.24, 2.45) is 11.7 Å². The summed E-state index contributed by atoms with van der Waals surface area (Å²) in [5.74, 6) is 0.315. The number of hydrogen-bond acceptors (Lipinski definition) is 1. The minimum atomic E-state index is -2.32. The molecule has 1 amide bonds. The first kappa shape index (κ1) is 14.8. The van der Waals surface area contributed by atoms with Gasteiger partial charge in [-0.15, -0.1) is 0 Å². The second-order valence-corrected chi connectivity index (χ2v) is 3.48. The Kier molecular flexibility index (Phi) is 10.7. The Morgan fingerprint density at radius 1 is 1.31 bits per heavy atom. The van der Waals surface area contributed by atoms with Crippen LogP contribution in [0.15, 0.2) is 0 Å². The lowest BCUT2D eigenvalue weighted by Gasteiger charge is -1.94. The number of rotatable bonds is 4. The van der Waals surface area contributed by atoms with Crippen molar-refractivity contribution in [2.75, 3.05) is 0 Å². The molecule has 0 aromatic heterocycles. The molecule has 0 aliphatic heterocycles. The van der Waals surface area contributed by atoms with E-state index in [4.69, 9.17) is 5.73 Å². The Morgan fingerprint density at radius 3 is 1.92 bits per heavy atom. The van der Waals surface area contributed by atoms with Gasteiger partial charge in [0.15, 0.2) is 0 Å². The molecule has 4 heteroatoms. The molecule has 0 aliphatic carbocycles. The summed E-state index contributed by atoms with van der Waals surface area (Å²) in [6.07, 6.45) is -2.30. The van der Waals surface area contributed by atoms with E-state index in [0.717, 1.165) is 5.92 Å². The molecule has 0 fully saturated rings. The molecular formula is C9H19F2NO. The van der Waals surface area contributed by atoms with Crippen LogP contribution in [0.25, 0.3) is 0 Å². The predicted octanol–water partition coefficient (Wildman–Crippen LogP) is 2.57. The van der Waals surface area contributed by atoms with Gasteiger partial charge in [0.05, 0.1) is 0 Å². The standard InChI is InChI=1S/C5H9F2NO.C4H10/c6-4(7)2-1-3-5(8)9;1-4(2)3/h4H,1-3H2,(H2,8,9);4H,1-3H3. The summed E-state index contributed by atoms with van der Waals surface area (Å²) < 4.78 is 22.7. The van der Waals surface area contributed by atoms with Crippen LogP contribution in [0.5, 0.6) is 0 Å². The molecule has 0 aromatic rings. The van der Waals surface area contributed by atoms with Crippen LogP contribution in [0.3, 0.4) is 0 Å². The van der Waals surface area contributed by atoms with Gasteiger partial charge in [0.1, 0.15) is 0 Å². The molecule has 0 rings (SSSR count). The second kappa shape index (κ2) is 9.42. The minimum absolute atomic E-state index is 0.0599. The van der Waals surface area contributed by atoms with Gasteiger partial charge in [0.2, 0.25) is 12.3 Å². The molecule has 13 heavy (non-hydrogen) atoms. The van der Waals surface area contributed by atoms with E-state index in [-0.39, 0.29) is 19.3 Å². The maximum Gasteiger partial charge on any atom is 0.238 e. The molecule has 2 nitrogen and oxygen atoms in total. The Morgan fingerprint density at radius 2 is 1.69 bits per heavy atom. The van der Waals surface area contributed by atoms with Gasteiger partial charge in [-0.05, 0) is 12.3 Å². The number of nitrogens with two attached hydrogens (primary N) is 1. The average Bonchev–Trinajstić information content (AvgIpc) is 1.83. The number of carbonyl (C=O) groups excluding carboxylic acids is 1. The zero-order valence-corrected chi connectivity index (χ0v) is 8.52. The lowest BCUT2D eigenvalue weighted by Crippen LogP contribution is -2.10. The number of carbonyl (C=O) groups is 1. The normalized spacial score (nSPS) is 9.77. The molecule has 0 saturated carbocycles. The summed E-state index contributed by atoms with van der Waals surface area (Å²) in [4.78, 5) is 9.96. The summed E-state index contributed by atoms with van der Waals surface area (Å²) in [5, 5.41) is 0. The largest absolute Gasteiger partial charge is 0.370 e. The maximum atomic E-state index is 11.3. The first-order valence-electron chi connectivity index (χ1n) is 4.42. The third-order valence-corrected chi connectivity index (χ3v) is 0.846. The van der Waals surface area contributed by atoms with Gasteiger partial charge < -0.3 is 5.73 Å². The highest BCUT2D eigenvalue weighted by atomic mass is 19.3. The number of primary amides is 1. The highest BCUT2D eigenvalue weighted by molar-refractivity contribution is 5.73. The van der Waals surface area contributed by atoms with Gasteiger partial charge in [-0.2, -0.15) is 0 Å². The molecule has 0 saturated heterocycles. The van der Waals surface area contributed by atoms with Crippen molar-refractivity contribution < 1.29 is 13.6 Å². The Hall–Kier alpha value is -0.670. The highest BCUT2D eigenvalue weighted by Gasteiger charge is 2.02. The molecule has 0 atom stereocenters. The lowest BCUT2D eigenvalue weighted by molar-refractivity contribution is -0.118. The number of hydrogen-bond donors (Lipinski definition) is 1. The van der Waals surface area contributed by atoms with E-state index in [1.165, 1.54) is 0 Å². The molecular weight excluding hydrogens is 176 g/mol. The zero-order chi connectivity index (χ0) is 10.9. The zero-order valence-electron chi connectivity index (χ0n) is 8.52. The van der Waals surface area contributed by atoms with Gasteiger partial charge in [-0.1, -0.05) is 20.8 Å². The van der Waals surface area contributed by atoms with Crippen molar-refractivity contribution in [3.8, 4) is 0 Å². The number of halogens is 2. The van der Waals surface area contributed by atoms with Crippen molar-refractivity contribution in [2.45, 2.75) is 46.5 Å². The van der Waals surface area contributed by atoms with Crippen molar-refractivity contribution in [1.82, 2.24) is 0 Å². The molecule has 2 N–H and O–H groups in total. The fourth-order valence-corrected chi connectivity index (χ4v) is 0.431. The Labute approximate surface area is 78.5 Å². The van der Waals surface area contributed by atoms with Crippen LogP contribution in [0, 0.1) is 5.92 Å². The summed E-state index contributed by atoms with van der Waals surface area (Å²) in [6, 6.07) is 0. The van der Waals surface area contributed by atoms with Crippen molar-refractivity contribution in [3.05, 3.63) is 0 Å².